The Hall–Kier alpha value is -1.00. The van der Waals surface area contributed by atoms with Crippen molar-refractivity contribution in [2.75, 3.05) is 13.7 Å². The van der Waals surface area contributed by atoms with Crippen LogP contribution < -0.4 is 11.1 Å². The second kappa shape index (κ2) is 3.40. The standard InChI is InChI=1S/C9H14N2O2/c1-12-9-5-13-8-4-6(10)2-3-7(8)11-9/h2,4,7,9,11H,3,5,10H2,1H3/t7?,9-/m1/s1. The summed E-state index contributed by atoms with van der Waals surface area (Å²) in [5, 5.41) is 3.31. The highest BCUT2D eigenvalue weighted by molar-refractivity contribution is 5.27. The summed E-state index contributed by atoms with van der Waals surface area (Å²) in [7, 11) is 1.67. The molecule has 0 amide bonds. The molecule has 1 saturated heterocycles. The third-order valence-electron chi connectivity index (χ3n) is 2.31. The van der Waals surface area contributed by atoms with E-state index in [0.29, 0.717) is 6.61 Å². The zero-order chi connectivity index (χ0) is 9.26. The molecule has 0 aromatic heterocycles. The van der Waals surface area contributed by atoms with Crippen molar-refractivity contribution in [1.82, 2.24) is 5.32 Å². The first-order valence-corrected chi connectivity index (χ1v) is 4.38. The van der Waals surface area contributed by atoms with Gasteiger partial charge in [0.05, 0.1) is 6.04 Å². The molecule has 0 saturated carbocycles. The summed E-state index contributed by atoms with van der Waals surface area (Å²) in [6.45, 7) is 0.548. The Labute approximate surface area is 77.4 Å². The van der Waals surface area contributed by atoms with Gasteiger partial charge in [-0.05, 0) is 6.42 Å². The van der Waals surface area contributed by atoms with Gasteiger partial charge < -0.3 is 15.2 Å². The number of nitrogens with one attached hydrogen (secondary N) is 1. The fraction of sp³-hybridized carbons (Fsp3) is 0.556. The Bertz CT molecular complexity index is 260. The van der Waals surface area contributed by atoms with E-state index in [1.165, 1.54) is 0 Å². The lowest BCUT2D eigenvalue weighted by molar-refractivity contribution is -0.0290. The van der Waals surface area contributed by atoms with Crippen LogP contribution in [0.1, 0.15) is 6.42 Å². The molecule has 2 aliphatic rings. The molecule has 1 fully saturated rings. The number of hydrogen-bond acceptors (Lipinski definition) is 4. The summed E-state index contributed by atoms with van der Waals surface area (Å²) < 4.78 is 10.7. The van der Waals surface area contributed by atoms with Crippen LogP contribution in [-0.2, 0) is 9.47 Å². The maximum atomic E-state index is 5.65. The predicted molar refractivity (Wildman–Crippen MR) is 48.6 cm³/mol. The van der Waals surface area contributed by atoms with E-state index >= 15 is 0 Å². The summed E-state index contributed by atoms with van der Waals surface area (Å²) >= 11 is 0. The van der Waals surface area contributed by atoms with Crippen LogP contribution in [0.2, 0.25) is 0 Å². The molecule has 0 aromatic rings. The number of fused-ring (bicyclic) bond motifs is 1. The average Bonchev–Trinajstić information content (AvgIpc) is 2.17. The highest BCUT2D eigenvalue weighted by Crippen LogP contribution is 2.21. The number of rotatable bonds is 1. The molecule has 1 aliphatic carbocycles. The van der Waals surface area contributed by atoms with Crippen LogP contribution in [0, 0.1) is 0 Å². The van der Waals surface area contributed by atoms with Gasteiger partial charge in [-0.2, -0.15) is 0 Å². The molecule has 2 rings (SSSR count). The van der Waals surface area contributed by atoms with E-state index < -0.39 is 0 Å². The Morgan fingerprint density at radius 3 is 3.31 bits per heavy atom. The second-order valence-electron chi connectivity index (χ2n) is 3.24. The number of ether oxygens (including phenoxy) is 2. The molecular formula is C9H14N2O2. The lowest BCUT2D eigenvalue weighted by atomic mass is 10.0. The zero-order valence-electron chi connectivity index (χ0n) is 7.62. The van der Waals surface area contributed by atoms with Gasteiger partial charge in [0.2, 0.25) is 0 Å². The number of allylic oxidation sites excluding steroid dienone is 1. The highest BCUT2D eigenvalue weighted by atomic mass is 16.5. The van der Waals surface area contributed by atoms with Crippen molar-refractivity contribution in [3.63, 3.8) is 0 Å². The molecule has 72 valence electrons. The lowest BCUT2D eigenvalue weighted by Crippen LogP contribution is -2.49. The molecule has 0 radical (unpaired) electrons. The van der Waals surface area contributed by atoms with Gasteiger partial charge in [-0.15, -0.1) is 0 Å². The third-order valence-corrected chi connectivity index (χ3v) is 2.31. The van der Waals surface area contributed by atoms with E-state index in [9.17, 15) is 0 Å². The smallest absolute Gasteiger partial charge is 0.142 e. The zero-order valence-corrected chi connectivity index (χ0v) is 7.62. The van der Waals surface area contributed by atoms with Crippen molar-refractivity contribution < 1.29 is 9.47 Å². The minimum Gasteiger partial charge on any atom is -0.492 e. The third kappa shape index (κ3) is 1.68. The topological polar surface area (TPSA) is 56.5 Å². The lowest BCUT2D eigenvalue weighted by Gasteiger charge is -2.33. The SMILES string of the molecule is CO[C@@H]1COC2=CC(N)=CCC2N1. The van der Waals surface area contributed by atoms with E-state index in [1.807, 2.05) is 12.2 Å². The van der Waals surface area contributed by atoms with Crippen LogP contribution in [0.15, 0.2) is 23.6 Å². The van der Waals surface area contributed by atoms with Gasteiger partial charge in [-0.3, -0.25) is 5.32 Å². The number of methoxy groups -OCH3 is 1. The van der Waals surface area contributed by atoms with Gasteiger partial charge in [0, 0.05) is 18.9 Å². The van der Waals surface area contributed by atoms with Gasteiger partial charge >= 0.3 is 0 Å². The second-order valence-corrected chi connectivity index (χ2v) is 3.24. The molecule has 0 bridgehead atoms. The molecule has 2 atom stereocenters. The number of hydrogen-bond donors (Lipinski definition) is 2. The summed E-state index contributed by atoms with van der Waals surface area (Å²) in [5.74, 6) is 0.924. The van der Waals surface area contributed by atoms with Crippen LogP contribution in [0.4, 0.5) is 0 Å². The van der Waals surface area contributed by atoms with Crippen LogP contribution in [0.25, 0.3) is 0 Å². The minimum atomic E-state index is -0.00475. The Balaban J connectivity index is 2.06. The molecule has 13 heavy (non-hydrogen) atoms. The summed E-state index contributed by atoms with van der Waals surface area (Å²) in [4.78, 5) is 0. The van der Waals surface area contributed by atoms with Crippen LogP contribution in [0.3, 0.4) is 0 Å². The molecule has 3 N–H and O–H groups in total. The maximum Gasteiger partial charge on any atom is 0.142 e. The molecular weight excluding hydrogens is 168 g/mol. The van der Waals surface area contributed by atoms with Crippen molar-refractivity contribution in [3.8, 4) is 0 Å². The maximum absolute atomic E-state index is 5.65. The Morgan fingerprint density at radius 1 is 1.69 bits per heavy atom. The molecule has 0 spiro atoms. The molecule has 4 nitrogen and oxygen atoms in total. The van der Waals surface area contributed by atoms with Crippen molar-refractivity contribution in [2.45, 2.75) is 18.7 Å². The molecule has 1 aliphatic heterocycles. The highest BCUT2D eigenvalue weighted by Gasteiger charge is 2.27. The van der Waals surface area contributed by atoms with E-state index in [4.69, 9.17) is 15.2 Å². The summed E-state index contributed by atoms with van der Waals surface area (Å²) in [6, 6.07) is 0.228. The molecule has 1 heterocycles. The van der Waals surface area contributed by atoms with Crippen LogP contribution in [-0.4, -0.2) is 26.0 Å². The summed E-state index contributed by atoms with van der Waals surface area (Å²) in [6.07, 6.45) is 4.72. The molecule has 4 heteroatoms. The Morgan fingerprint density at radius 2 is 2.54 bits per heavy atom. The monoisotopic (exact) mass is 182 g/mol. The average molecular weight is 182 g/mol. The van der Waals surface area contributed by atoms with Crippen molar-refractivity contribution >= 4 is 0 Å². The van der Waals surface area contributed by atoms with Gasteiger partial charge in [0.15, 0.2) is 0 Å². The van der Waals surface area contributed by atoms with E-state index in [-0.39, 0.29) is 12.3 Å². The first-order valence-electron chi connectivity index (χ1n) is 4.38. The van der Waals surface area contributed by atoms with Crippen molar-refractivity contribution in [2.24, 2.45) is 5.73 Å². The van der Waals surface area contributed by atoms with Crippen LogP contribution >= 0.6 is 0 Å². The number of nitrogens with two attached hydrogens (primary N) is 1. The number of morpholine rings is 1. The first-order chi connectivity index (χ1) is 6.29. The summed E-state index contributed by atoms with van der Waals surface area (Å²) in [5.41, 5.74) is 6.44. The minimum absolute atomic E-state index is 0.00475. The Kier molecular flexibility index (Phi) is 2.24. The first kappa shape index (κ1) is 8.59. The molecule has 0 aromatic carbocycles. The van der Waals surface area contributed by atoms with Crippen molar-refractivity contribution in [3.05, 3.63) is 23.6 Å². The quantitative estimate of drug-likeness (QED) is 0.603. The van der Waals surface area contributed by atoms with Gasteiger partial charge in [-0.25, -0.2) is 0 Å². The van der Waals surface area contributed by atoms with Gasteiger partial charge in [-0.1, -0.05) is 6.08 Å². The van der Waals surface area contributed by atoms with E-state index in [2.05, 4.69) is 5.32 Å². The van der Waals surface area contributed by atoms with E-state index in [0.717, 1.165) is 17.9 Å². The van der Waals surface area contributed by atoms with Gasteiger partial charge in [0.1, 0.15) is 18.6 Å². The van der Waals surface area contributed by atoms with E-state index in [1.54, 1.807) is 7.11 Å². The van der Waals surface area contributed by atoms with Crippen molar-refractivity contribution in [1.29, 1.82) is 0 Å². The fourth-order valence-corrected chi connectivity index (χ4v) is 1.57. The van der Waals surface area contributed by atoms with Crippen LogP contribution in [0.5, 0.6) is 0 Å². The fourth-order valence-electron chi connectivity index (χ4n) is 1.57. The van der Waals surface area contributed by atoms with Gasteiger partial charge in [0.25, 0.3) is 0 Å². The normalized spacial score (nSPS) is 32.7. The predicted octanol–water partition coefficient (Wildman–Crippen LogP) is 0.0775. The largest absolute Gasteiger partial charge is 0.492 e. The molecule has 1 unspecified atom stereocenters.